The third-order valence-electron chi connectivity index (χ3n) is 3.27. The van der Waals surface area contributed by atoms with E-state index in [0.717, 1.165) is 45.2 Å². The molecule has 1 rings (SSSR count). The van der Waals surface area contributed by atoms with Crippen LogP contribution in [0.1, 0.15) is 46.0 Å². The highest BCUT2D eigenvalue weighted by Gasteiger charge is 2.29. The molecule has 0 amide bonds. The highest BCUT2D eigenvalue weighted by molar-refractivity contribution is 7.89. The summed E-state index contributed by atoms with van der Waals surface area (Å²) in [4.78, 5) is 0. The summed E-state index contributed by atoms with van der Waals surface area (Å²) in [5.41, 5.74) is 0. The van der Waals surface area contributed by atoms with E-state index in [1.807, 2.05) is 13.8 Å². The van der Waals surface area contributed by atoms with E-state index in [-0.39, 0.29) is 18.4 Å². The van der Waals surface area contributed by atoms with Crippen molar-refractivity contribution in [1.82, 2.24) is 9.62 Å². The number of rotatable bonds is 7. The normalized spacial score (nSPS) is 17.7. The molecule has 1 fully saturated rings. The van der Waals surface area contributed by atoms with E-state index < -0.39 is 10.0 Å². The zero-order valence-electron chi connectivity index (χ0n) is 11.5. The minimum Gasteiger partial charge on any atom is -0.317 e. The van der Waals surface area contributed by atoms with Crippen LogP contribution in [0, 0.1) is 0 Å². The third kappa shape index (κ3) is 5.43. The summed E-state index contributed by atoms with van der Waals surface area (Å²) in [6.45, 7) is 6.63. The van der Waals surface area contributed by atoms with E-state index in [9.17, 15) is 8.42 Å². The average molecular weight is 299 g/mol. The molecule has 0 bridgehead atoms. The molecule has 0 atom stereocenters. The molecule has 110 valence electrons. The van der Waals surface area contributed by atoms with Gasteiger partial charge in [-0.1, -0.05) is 20.3 Å². The van der Waals surface area contributed by atoms with E-state index >= 15 is 0 Å². The fourth-order valence-corrected chi connectivity index (χ4v) is 4.32. The number of nitrogens with zero attached hydrogens (tertiary/aromatic N) is 1. The molecule has 4 nitrogen and oxygen atoms in total. The van der Waals surface area contributed by atoms with Gasteiger partial charge in [0, 0.05) is 12.6 Å². The molecule has 0 aliphatic carbocycles. The summed E-state index contributed by atoms with van der Waals surface area (Å²) in [6, 6.07) is 0.220. The number of hydrogen-bond acceptors (Lipinski definition) is 3. The topological polar surface area (TPSA) is 49.4 Å². The Hall–Kier alpha value is 0.160. The van der Waals surface area contributed by atoms with E-state index in [1.165, 1.54) is 0 Å². The van der Waals surface area contributed by atoms with Crippen LogP contribution in [0.15, 0.2) is 0 Å². The maximum Gasteiger partial charge on any atom is 0.214 e. The predicted octanol–water partition coefficient (Wildman–Crippen LogP) is 2.00. The van der Waals surface area contributed by atoms with Gasteiger partial charge >= 0.3 is 0 Å². The molecule has 1 heterocycles. The van der Waals surface area contributed by atoms with Crippen LogP contribution in [0.2, 0.25) is 0 Å². The SMILES string of the molecule is CCCCS(=O)(=O)N(CCC)C1CCNCC1.Cl. The molecule has 0 aromatic heterocycles. The maximum absolute atomic E-state index is 12.3. The molecule has 0 spiro atoms. The largest absolute Gasteiger partial charge is 0.317 e. The van der Waals surface area contributed by atoms with Gasteiger partial charge in [-0.15, -0.1) is 12.4 Å². The van der Waals surface area contributed by atoms with Gasteiger partial charge in [-0.05, 0) is 38.8 Å². The summed E-state index contributed by atoms with van der Waals surface area (Å²) < 4.78 is 26.3. The third-order valence-corrected chi connectivity index (χ3v) is 5.27. The van der Waals surface area contributed by atoms with Crippen molar-refractivity contribution >= 4 is 22.4 Å². The number of halogens is 1. The summed E-state index contributed by atoms with van der Waals surface area (Å²) in [5.74, 6) is 0.313. The van der Waals surface area contributed by atoms with Gasteiger partial charge in [0.1, 0.15) is 0 Å². The molecule has 0 saturated carbocycles. The van der Waals surface area contributed by atoms with Crippen molar-refractivity contribution in [1.29, 1.82) is 0 Å². The fraction of sp³-hybridized carbons (Fsp3) is 1.00. The van der Waals surface area contributed by atoms with E-state index in [4.69, 9.17) is 0 Å². The Morgan fingerprint density at radius 2 is 1.78 bits per heavy atom. The highest BCUT2D eigenvalue weighted by atomic mass is 35.5. The quantitative estimate of drug-likeness (QED) is 0.782. The Kier molecular flexibility index (Phi) is 9.21. The molecule has 1 aliphatic heterocycles. The molecule has 0 radical (unpaired) electrons. The molecule has 1 N–H and O–H groups in total. The van der Waals surface area contributed by atoms with E-state index in [0.29, 0.717) is 12.3 Å². The van der Waals surface area contributed by atoms with Gasteiger partial charge in [0.05, 0.1) is 5.75 Å². The van der Waals surface area contributed by atoms with Crippen LogP contribution in [0.25, 0.3) is 0 Å². The van der Waals surface area contributed by atoms with Crippen LogP contribution in [0.5, 0.6) is 0 Å². The molecule has 0 aromatic rings. The van der Waals surface area contributed by atoms with Crippen molar-refractivity contribution in [2.75, 3.05) is 25.4 Å². The lowest BCUT2D eigenvalue weighted by Gasteiger charge is -2.33. The van der Waals surface area contributed by atoms with Crippen LogP contribution in [-0.2, 0) is 10.0 Å². The molecule has 1 aliphatic rings. The van der Waals surface area contributed by atoms with Crippen molar-refractivity contribution in [3.05, 3.63) is 0 Å². The Morgan fingerprint density at radius 1 is 1.17 bits per heavy atom. The lowest BCUT2D eigenvalue weighted by molar-refractivity contribution is 0.262. The highest BCUT2D eigenvalue weighted by Crippen LogP contribution is 2.18. The first-order valence-corrected chi connectivity index (χ1v) is 8.43. The second kappa shape index (κ2) is 9.13. The van der Waals surface area contributed by atoms with Crippen LogP contribution in [-0.4, -0.2) is 44.2 Å². The Labute approximate surface area is 118 Å². The number of nitrogens with one attached hydrogen (secondary N) is 1. The Balaban J connectivity index is 0.00000289. The Morgan fingerprint density at radius 3 is 2.28 bits per heavy atom. The molecule has 6 heteroatoms. The van der Waals surface area contributed by atoms with Gasteiger partial charge in [0.2, 0.25) is 10.0 Å². The van der Waals surface area contributed by atoms with Crippen LogP contribution >= 0.6 is 12.4 Å². The van der Waals surface area contributed by atoms with Crippen molar-refractivity contribution in [2.45, 2.75) is 52.0 Å². The summed E-state index contributed by atoms with van der Waals surface area (Å²) in [5, 5.41) is 3.28. The Bertz CT molecular complexity index is 303. The van der Waals surface area contributed by atoms with Crippen LogP contribution in [0.3, 0.4) is 0 Å². The zero-order valence-corrected chi connectivity index (χ0v) is 13.2. The van der Waals surface area contributed by atoms with Crippen LogP contribution in [0.4, 0.5) is 0 Å². The monoisotopic (exact) mass is 298 g/mol. The fourth-order valence-electron chi connectivity index (χ4n) is 2.31. The molecule has 18 heavy (non-hydrogen) atoms. The van der Waals surface area contributed by atoms with Crippen molar-refractivity contribution in [3.8, 4) is 0 Å². The predicted molar refractivity (Wildman–Crippen MR) is 78.8 cm³/mol. The van der Waals surface area contributed by atoms with Crippen LogP contribution < -0.4 is 5.32 Å². The molecular weight excluding hydrogens is 272 g/mol. The van der Waals surface area contributed by atoms with Gasteiger partial charge in [0.25, 0.3) is 0 Å². The van der Waals surface area contributed by atoms with Crippen molar-refractivity contribution < 1.29 is 8.42 Å². The molecular formula is C12H27ClN2O2S. The second-order valence-electron chi connectivity index (χ2n) is 4.76. The first kappa shape index (κ1) is 18.2. The second-order valence-corrected chi connectivity index (χ2v) is 6.80. The number of piperidine rings is 1. The van der Waals surface area contributed by atoms with Crippen molar-refractivity contribution in [2.24, 2.45) is 0 Å². The van der Waals surface area contributed by atoms with Crippen molar-refractivity contribution in [3.63, 3.8) is 0 Å². The number of sulfonamides is 1. The molecule has 0 aromatic carbocycles. The van der Waals surface area contributed by atoms with E-state index in [1.54, 1.807) is 4.31 Å². The summed E-state index contributed by atoms with van der Waals surface area (Å²) >= 11 is 0. The van der Waals surface area contributed by atoms with E-state index in [2.05, 4.69) is 5.32 Å². The van der Waals surface area contributed by atoms with Gasteiger partial charge in [-0.3, -0.25) is 0 Å². The molecule has 0 unspecified atom stereocenters. The first-order chi connectivity index (χ1) is 8.11. The lowest BCUT2D eigenvalue weighted by Crippen LogP contribution is -2.47. The summed E-state index contributed by atoms with van der Waals surface area (Å²) in [7, 11) is -3.04. The number of hydrogen-bond donors (Lipinski definition) is 1. The first-order valence-electron chi connectivity index (χ1n) is 6.82. The number of unbranched alkanes of at least 4 members (excludes halogenated alkanes) is 1. The maximum atomic E-state index is 12.3. The minimum absolute atomic E-state index is 0. The van der Waals surface area contributed by atoms with Gasteiger partial charge < -0.3 is 5.32 Å². The smallest absolute Gasteiger partial charge is 0.214 e. The summed E-state index contributed by atoms with van der Waals surface area (Å²) in [6.07, 6.45) is 4.50. The average Bonchev–Trinajstić information content (AvgIpc) is 2.34. The van der Waals surface area contributed by atoms with Gasteiger partial charge in [0.15, 0.2) is 0 Å². The van der Waals surface area contributed by atoms with Gasteiger partial charge in [-0.25, -0.2) is 8.42 Å². The lowest BCUT2D eigenvalue weighted by atomic mass is 10.1. The minimum atomic E-state index is -3.04. The zero-order chi connectivity index (χ0) is 12.7. The standard InChI is InChI=1S/C12H26N2O2S.ClH/c1-3-5-11-17(15,16)14(10-4-2)12-6-8-13-9-7-12;/h12-13H,3-11H2,1-2H3;1H. The molecule has 1 saturated heterocycles. The van der Waals surface area contributed by atoms with Gasteiger partial charge in [-0.2, -0.15) is 4.31 Å².